The van der Waals surface area contributed by atoms with Gasteiger partial charge in [0.25, 0.3) is 0 Å². The van der Waals surface area contributed by atoms with Crippen molar-refractivity contribution >= 4 is 22.0 Å². The predicted molar refractivity (Wildman–Crippen MR) is 119 cm³/mol. The van der Waals surface area contributed by atoms with E-state index in [-0.39, 0.29) is 12.1 Å². The SMILES string of the molecule is Cc1ccc(CN2CC[C@@H](NS(C)(=O)=O)[C@@H]2Cc2ccncc2)o1.O=C(O)C(F)(F)F.O=C(O)C(F)(F)F. The van der Waals surface area contributed by atoms with E-state index in [1.165, 1.54) is 6.26 Å². The third-order valence-corrected chi connectivity index (χ3v) is 5.59. The summed E-state index contributed by atoms with van der Waals surface area (Å²) in [5.41, 5.74) is 1.15. The summed E-state index contributed by atoms with van der Waals surface area (Å²) in [6, 6.07) is 7.89. The molecule has 0 bridgehead atoms. The fourth-order valence-corrected chi connectivity index (χ4v) is 4.15. The number of sulfonamides is 1. The minimum Gasteiger partial charge on any atom is -0.475 e. The van der Waals surface area contributed by atoms with Gasteiger partial charge >= 0.3 is 24.3 Å². The molecule has 214 valence electrons. The Balaban J connectivity index is 0.000000426. The van der Waals surface area contributed by atoms with Crippen LogP contribution in [0.4, 0.5) is 26.3 Å². The van der Waals surface area contributed by atoms with Crippen molar-refractivity contribution in [3.05, 3.63) is 53.7 Å². The maximum atomic E-state index is 11.7. The second kappa shape index (κ2) is 13.6. The molecule has 0 aromatic carbocycles. The van der Waals surface area contributed by atoms with Crippen molar-refractivity contribution in [1.29, 1.82) is 0 Å². The number of rotatable bonds is 6. The van der Waals surface area contributed by atoms with Gasteiger partial charge in [-0.2, -0.15) is 26.3 Å². The number of likely N-dealkylation sites (tertiary alicyclic amines) is 1. The lowest BCUT2D eigenvalue weighted by atomic mass is 10.0. The number of nitrogens with one attached hydrogen (secondary N) is 1. The molecule has 2 aromatic rings. The number of halogens is 6. The topological polar surface area (TPSA) is 150 Å². The maximum absolute atomic E-state index is 11.7. The van der Waals surface area contributed by atoms with E-state index < -0.39 is 34.3 Å². The van der Waals surface area contributed by atoms with Crippen LogP contribution in [-0.2, 0) is 32.6 Å². The summed E-state index contributed by atoms with van der Waals surface area (Å²) in [5, 5.41) is 14.2. The monoisotopic (exact) mass is 577 g/mol. The van der Waals surface area contributed by atoms with E-state index in [0.29, 0.717) is 6.54 Å². The molecule has 38 heavy (non-hydrogen) atoms. The standard InChI is InChI=1S/C17H23N3O3S.2C2HF3O2/c1-13-3-4-15(23-13)12-20-10-7-16(19-24(2,21)22)17(20)11-14-5-8-18-9-6-14;2*3-2(4,5)1(6)7/h3-6,8-9,16-17,19H,7,10-12H2,1-2H3;2*(H,6,7)/t16-,17+;;/m1../s1. The van der Waals surface area contributed by atoms with Crippen LogP contribution in [0.15, 0.2) is 41.1 Å². The van der Waals surface area contributed by atoms with Gasteiger partial charge in [-0.15, -0.1) is 0 Å². The van der Waals surface area contributed by atoms with E-state index in [0.717, 1.165) is 36.5 Å². The van der Waals surface area contributed by atoms with E-state index in [1.54, 1.807) is 12.4 Å². The normalized spacial score (nSPS) is 18.1. The number of furan rings is 1. The van der Waals surface area contributed by atoms with Crippen molar-refractivity contribution in [2.24, 2.45) is 0 Å². The van der Waals surface area contributed by atoms with E-state index in [1.807, 2.05) is 31.2 Å². The molecule has 1 fully saturated rings. The number of hydrogen-bond acceptors (Lipinski definition) is 7. The Morgan fingerprint density at radius 2 is 1.55 bits per heavy atom. The Morgan fingerprint density at radius 1 is 1.05 bits per heavy atom. The molecule has 17 heteroatoms. The molecule has 3 heterocycles. The Kier molecular flexibility index (Phi) is 11.7. The lowest BCUT2D eigenvalue weighted by Crippen LogP contribution is -2.45. The average Bonchev–Trinajstić information content (AvgIpc) is 3.33. The second-order valence-corrected chi connectivity index (χ2v) is 9.78. The minimum atomic E-state index is -5.08. The summed E-state index contributed by atoms with van der Waals surface area (Å²) in [6.07, 6.45) is -3.85. The number of aryl methyl sites for hydroxylation is 1. The van der Waals surface area contributed by atoms with Crippen molar-refractivity contribution < 1.29 is 59.0 Å². The molecule has 3 N–H and O–H groups in total. The zero-order chi connectivity index (χ0) is 29.3. The number of carboxylic acids is 2. The first kappa shape index (κ1) is 32.8. The number of hydrogen-bond donors (Lipinski definition) is 3. The molecule has 3 rings (SSSR count). The van der Waals surface area contributed by atoms with Crippen LogP contribution < -0.4 is 4.72 Å². The quantitative estimate of drug-likeness (QED) is 0.441. The van der Waals surface area contributed by atoms with Crippen LogP contribution in [-0.4, -0.2) is 77.7 Å². The Bertz CT molecular complexity index is 1130. The van der Waals surface area contributed by atoms with Gasteiger partial charge in [-0.25, -0.2) is 22.7 Å². The Morgan fingerprint density at radius 3 is 1.95 bits per heavy atom. The van der Waals surface area contributed by atoms with E-state index in [9.17, 15) is 34.8 Å². The molecule has 2 aromatic heterocycles. The molecule has 1 aliphatic rings. The Labute approximate surface area is 213 Å². The first-order valence-electron chi connectivity index (χ1n) is 10.6. The van der Waals surface area contributed by atoms with Gasteiger partial charge in [0.05, 0.1) is 12.8 Å². The molecular formula is C21H25F6N3O7S. The second-order valence-electron chi connectivity index (χ2n) is 8.00. The van der Waals surface area contributed by atoms with Crippen molar-refractivity contribution in [3.63, 3.8) is 0 Å². The summed E-state index contributed by atoms with van der Waals surface area (Å²) in [4.78, 5) is 24.1. The number of pyridine rings is 1. The van der Waals surface area contributed by atoms with E-state index >= 15 is 0 Å². The molecule has 1 saturated heterocycles. The molecule has 1 aliphatic heterocycles. The largest absolute Gasteiger partial charge is 0.490 e. The summed E-state index contributed by atoms with van der Waals surface area (Å²) >= 11 is 0. The van der Waals surface area contributed by atoms with Crippen LogP contribution in [0.5, 0.6) is 0 Å². The highest BCUT2D eigenvalue weighted by Gasteiger charge is 2.39. The van der Waals surface area contributed by atoms with Gasteiger partial charge in [-0.3, -0.25) is 9.88 Å². The smallest absolute Gasteiger partial charge is 0.475 e. The summed E-state index contributed by atoms with van der Waals surface area (Å²) in [6.45, 7) is 3.45. The molecule has 10 nitrogen and oxygen atoms in total. The number of alkyl halides is 6. The zero-order valence-corrected chi connectivity index (χ0v) is 20.8. The zero-order valence-electron chi connectivity index (χ0n) is 20.0. The van der Waals surface area contributed by atoms with Gasteiger partial charge < -0.3 is 14.6 Å². The van der Waals surface area contributed by atoms with Crippen LogP contribution in [0.2, 0.25) is 0 Å². The minimum absolute atomic E-state index is 0.0903. The Hall–Kier alpha value is -3.18. The van der Waals surface area contributed by atoms with E-state index in [2.05, 4.69) is 14.6 Å². The third kappa shape index (κ3) is 12.4. The van der Waals surface area contributed by atoms with Gasteiger partial charge in [0, 0.05) is 31.0 Å². The molecule has 0 saturated carbocycles. The van der Waals surface area contributed by atoms with Gasteiger partial charge in [0.2, 0.25) is 10.0 Å². The fraction of sp³-hybridized carbons (Fsp3) is 0.476. The lowest BCUT2D eigenvalue weighted by molar-refractivity contribution is -0.193. The molecule has 2 atom stereocenters. The van der Waals surface area contributed by atoms with Crippen LogP contribution in [0.25, 0.3) is 0 Å². The number of nitrogens with zero attached hydrogens (tertiary/aromatic N) is 2. The first-order chi connectivity index (χ1) is 17.3. The van der Waals surface area contributed by atoms with Gasteiger partial charge in [-0.1, -0.05) is 0 Å². The number of carboxylic acid groups (broad SMARTS) is 2. The number of aliphatic carboxylic acids is 2. The van der Waals surface area contributed by atoms with Crippen LogP contribution >= 0.6 is 0 Å². The van der Waals surface area contributed by atoms with Gasteiger partial charge in [0.15, 0.2) is 0 Å². The summed E-state index contributed by atoms with van der Waals surface area (Å²) < 4.78 is 95.3. The lowest BCUT2D eigenvalue weighted by Gasteiger charge is -2.27. The van der Waals surface area contributed by atoms with Crippen molar-refractivity contribution in [2.75, 3.05) is 12.8 Å². The van der Waals surface area contributed by atoms with Crippen molar-refractivity contribution in [1.82, 2.24) is 14.6 Å². The number of carbonyl (C=O) groups is 2. The first-order valence-corrected chi connectivity index (χ1v) is 12.4. The van der Waals surface area contributed by atoms with Gasteiger partial charge in [0.1, 0.15) is 11.5 Å². The van der Waals surface area contributed by atoms with Crippen molar-refractivity contribution in [2.45, 2.75) is 50.7 Å². The van der Waals surface area contributed by atoms with E-state index in [4.69, 9.17) is 24.2 Å². The van der Waals surface area contributed by atoms with Crippen LogP contribution in [0.1, 0.15) is 23.5 Å². The predicted octanol–water partition coefficient (Wildman–Crippen LogP) is 2.98. The molecule has 0 unspecified atom stereocenters. The summed E-state index contributed by atoms with van der Waals surface area (Å²) in [5.74, 6) is -3.71. The van der Waals surface area contributed by atoms with Crippen LogP contribution in [0, 0.1) is 6.92 Å². The molecule has 0 aliphatic carbocycles. The van der Waals surface area contributed by atoms with Gasteiger partial charge in [-0.05, 0) is 49.6 Å². The molecule has 0 amide bonds. The highest BCUT2D eigenvalue weighted by atomic mass is 32.2. The fourth-order valence-electron chi connectivity index (χ4n) is 3.33. The van der Waals surface area contributed by atoms with Crippen LogP contribution in [0.3, 0.4) is 0 Å². The summed E-state index contributed by atoms with van der Waals surface area (Å²) in [7, 11) is -3.24. The maximum Gasteiger partial charge on any atom is 0.490 e. The third-order valence-electron chi connectivity index (χ3n) is 4.86. The number of aromatic nitrogens is 1. The van der Waals surface area contributed by atoms with Crippen molar-refractivity contribution in [3.8, 4) is 0 Å². The average molecular weight is 578 g/mol. The highest BCUT2D eigenvalue weighted by Crippen LogP contribution is 2.25. The molecular weight excluding hydrogens is 552 g/mol. The molecule has 0 radical (unpaired) electrons. The highest BCUT2D eigenvalue weighted by molar-refractivity contribution is 7.88. The molecule has 0 spiro atoms.